The maximum Gasteiger partial charge on any atom is 0.344 e. The molecule has 0 aliphatic heterocycles. The summed E-state index contributed by atoms with van der Waals surface area (Å²) in [5.41, 5.74) is 1.63. The number of rotatable bonds is 4. The maximum absolute atomic E-state index is 12.3. The Hall–Kier alpha value is -3.21. The number of ether oxygens (including phenoxy) is 1. The van der Waals surface area contributed by atoms with Crippen molar-refractivity contribution in [3.8, 4) is 5.75 Å². The molecule has 0 unspecified atom stereocenters. The van der Waals surface area contributed by atoms with Crippen LogP contribution in [0.5, 0.6) is 5.75 Å². The van der Waals surface area contributed by atoms with Crippen molar-refractivity contribution < 1.29 is 24.2 Å². The summed E-state index contributed by atoms with van der Waals surface area (Å²) in [4.78, 5) is 35.4. The average Bonchev–Trinajstić information content (AvgIpc) is 2.82. The first-order chi connectivity index (χ1) is 11.5. The predicted octanol–water partition coefficient (Wildman–Crippen LogP) is 3.00. The lowest BCUT2D eigenvalue weighted by Gasteiger charge is -2.10. The summed E-state index contributed by atoms with van der Waals surface area (Å²) in [6, 6.07) is 13.3. The van der Waals surface area contributed by atoms with Gasteiger partial charge in [-0.25, -0.2) is 4.79 Å². The lowest BCUT2D eigenvalue weighted by molar-refractivity contribution is -0.144. The van der Waals surface area contributed by atoms with Crippen molar-refractivity contribution in [3.63, 3.8) is 0 Å². The number of benzene rings is 2. The zero-order valence-corrected chi connectivity index (χ0v) is 12.9. The van der Waals surface area contributed by atoms with Crippen LogP contribution < -0.4 is 4.74 Å². The summed E-state index contributed by atoms with van der Waals surface area (Å²) in [6.07, 6.45) is 0.580. The number of fused-ring (bicyclic) bond motifs is 1. The Balaban J connectivity index is 1.84. The van der Waals surface area contributed by atoms with E-state index in [1.54, 1.807) is 48.5 Å². The Kier molecular flexibility index (Phi) is 4.00. The molecule has 24 heavy (non-hydrogen) atoms. The molecule has 0 spiro atoms. The van der Waals surface area contributed by atoms with Gasteiger partial charge in [0.05, 0.1) is 5.57 Å². The molecule has 0 heterocycles. The number of ketones is 2. The van der Waals surface area contributed by atoms with Crippen LogP contribution in [0.3, 0.4) is 0 Å². The molecule has 120 valence electrons. The topological polar surface area (TPSA) is 80.7 Å². The molecular weight excluding hydrogens is 308 g/mol. The number of carbonyl (C=O) groups excluding carboxylic acids is 2. The van der Waals surface area contributed by atoms with Crippen LogP contribution in [0.2, 0.25) is 0 Å². The molecule has 1 aliphatic carbocycles. The third kappa shape index (κ3) is 2.84. The van der Waals surface area contributed by atoms with Gasteiger partial charge in [0.25, 0.3) is 0 Å². The van der Waals surface area contributed by atoms with Crippen LogP contribution >= 0.6 is 0 Å². The van der Waals surface area contributed by atoms with Gasteiger partial charge in [-0.2, -0.15) is 0 Å². The van der Waals surface area contributed by atoms with Gasteiger partial charge in [-0.3, -0.25) is 9.59 Å². The summed E-state index contributed by atoms with van der Waals surface area (Å²) in [7, 11) is 0. The second-order valence-electron chi connectivity index (χ2n) is 5.43. The van der Waals surface area contributed by atoms with E-state index in [2.05, 4.69) is 0 Å². The van der Waals surface area contributed by atoms with Gasteiger partial charge in [0.2, 0.25) is 0 Å². The first-order valence-electron chi connectivity index (χ1n) is 7.37. The number of aliphatic carboxylic acids is 1. The standard InChI is InChI=1S/C19H14O5/c1-11(19(22)23)24-13-8-6-12(7-9-13)10-16-17(20)14-4-2-3-5-15(14)18(16)21/h2-11H,1H3,(H,22,23)/t11-/m0/s1. The Morgan fingerprint density at radius 3 is 2.04 bits per heavy atom. The fraction of sp³-hybridized carbons (Fsp3) is 0.105. The minimum atomic E-state index is -1.05. The molecule has 0 saturated heterocycles. The van der Waals surface area contributed by atoms with Gasteiger partial charge in [0.1, 0.15) is 5.75 Å². The zero-order valence-electron chi connectivity index (χ0n) is 12.9. The second kappa shape index (κ2) is 6.12. The molecule has 0 amide bonds. The quantitative estimate of drug-likeness (QED) is 0.691. The van der Waals surface area contributed by atoms with E-state index in [1.807, 2.05) is 0 Å². The van der Waals surface area contributed by atoms with E-state index in [-0.39, 0.29) is 17.1 Å². The number of Topliss-reactive ketones (excluding diaryl/α,β-unsaturated/α-hetero) is 2. The van der Waals surface area contributed by atoms with E-state index in [0.717, 1.165) is 0 Å². The molecule has 0 aromatic heterocycles. The van der Waals surface area contributed by atoms with Crippen LogP contribution in [0.1, 0.15) is 33.2 Å². The number of carboxylic acids is 1. The molecule has 0 bridgehead atoms. The van der Waals surface area contributed by atoms with Crippen LogP contribution in [0.25, 0.3) is 6.08 Å². The minimum Gasteiger partial charge on any atom is -0.479 e. The van der Waals surface area contributed by atoms with E-state index >= 15 is 0 Å². The highest BCUT2D eigenvalue weighted by Gasteiger charge is 2.32. The van der Waals surface area contributed by atoms with Gasteiger partial charge in [0.15, 0.2) is 17.7 Å². The van der Waals surface area contributed by atoms with Gasteiger partial charge in [-0.05, 0) is 30.7 Å². The fourth-order valence-electron chi connectivity index (χ4n) is 2.47. The van der Waals surface area contributed by atoms with Gasteiger partial charge in [-0.15, -0.1) is 0 Å². The van der Waals surface area contributed by atoms with Crippen molar-refractivity contribution in [2.45, 2.75) is 13.0 Å². The van der Waals surface area contributed by atoms with Gasteiger partial charge in [-0.1, -0.05) is 36.4 Å². The highest BCUT2D eigenvalue weighted by Crippen LogP contribution is 2.28. The molecule has 1 atom stereocenters. The van der Waals surface area contributed by atoms with E-state index in [9.17, 15) is 14.4 Å². The molecular formula is C19H14O5. The summed E-state index contributed by atoms with van der Waals surface area (Å²) >= 11 is 0. The lowest BCUT2D eigenvalue weighted by Crippen LogP contribution is -2.22. The van der Waals surface area contributed by atoms with Gasteiger partial charge >= 0.3 is 5.97 Å². The van der Waals surface area contributed by atoms with E-state index < -0.39 is 12.1 Å². The van der Waals surface area contributed by atoms with Crippen LogP contribution in [0.15, 0.2) is 54.1 Å². The van der Waals surface area contributed by atoms with Crippen LogP contribution in [0.4, 0.5) is 0 Å². The molecule has 1 N–H and O–H groups in total. The summed E-state index contributed by atoms with van der Waals surface area (Å²) in [5.74, 6) is -1.22. The highest BCUT2D eigenvalue weighted by atomic mass is 16.5. The minimum absolute atomic E-state index is 0.128. The summed E-state index contributed by atoms with van der Waals surface area (Å²) in [6.45, 7) is 1.44. The number of hydrogen-bond donors (Lipinski definition) is 1. The molecule has 5 nitrogen and oxygen atoms in total. The van der Waals surface area contributed by atoms with Crippen molar-refractivity contribution in [3.05, 3.63) is 70.8 Å². The Bertz CT molecular complexity index is 825. The van der Waals surface area contributed by atoms with E-state index in [1.165, 1.54) is 13.0 Å². The average molecular weight is 322 g/mol. The number of carboxylic acid groups (broad SMARTS) is 1. The highest BCUT2D eigenvalue weighted by molar-refractivity contribution is 6.41. The molecule has 0 radical (unpaired) electrons. The first kappa shape index (κ1) is 15.7. The smallest absolute Gasteiger partial charge is 0.344 e. The maximum atomic E-state index is 12.3. The molecule has 3 rings (SSSR count). The van der Waals surface area contributed by atoms with Gasteiger partial charge < -0.3 is 9.84 Å². The SMILES string of the molecule is C[C@H](Oc1ccc(C=C2C(=O)c3ccccc3C2=O)cc1)C(=O)O. The molecule has 0 saturated carbocycles. The predicted molar refractivity (Wildman–Crippen MR) is 87.2 cm³/mol. The van der Waals surface area contributed by atoms with Gasteiger partial charge in [0, 0.05) is 11.1 Å². The Morgan fingerprint density at radius 2 is 1.54 bits per heavy atom. The number of hydrogen-bond acceptors (Lipinski definition) is 4. The summed E-state index contributed by atoms with van der Waals surface area (Å²) in [5, 5.41) is 8.82. The Labute approximate surface area is 138 Å². The number of allylic oxidation sites excluding steroid dienone is 1. The van der Waals surface area contributed by atoms with E-state index in [0.29, 0.717) is 22.4 Å². The van der Waals surface area contributed by atoms with Crippen molar-refractivity contribution in [2.75, 3.05) is 0 Å². The van der Waals surface area contributed by atoms with Crippen molar-refractivity contribution in [1.29, 1.82) is 0 Å². The van der Waals surface area contributed by atoms with Crippen molar-refractivity contribution in [2.24, 2.45) is 0 Å². The molecule has 5 heteroatoms. The van der Waals surface area contributed by atoms with Crippen LogP contribution in [0, 0.1) is 0 Å². The number of carbonyl (C=O) groups is 3. The summed E-state index contributed by atoms with van der Waals surface area (Å²) < 4.78 is 5.24. The normalized spacial score (nSPS) is 14.3. The Morgan fingerprint density at radius 1 is 1.00 bits per heavy atom. The van der Waals surface area contributed by atoms with Crippen molar-refractivity contribution >= 4 is 23.6 Å². The monoisotopic (exact) mass is 322 g/mol. The second-order valence-corrected chi connectivity index (χ2v) is 5.43. The largest absolute Gasteiger partial charge is 0.479 e. The molecule has 0 fully saturated rings. The lowest BCUT2D eigenvalue weighted by atomic mass is 10.1. The molecule has 2 aromatic carbocycles. The van der Waals surface area contributed by atoms with Crippen molar-refractivity contribution in [1.82, 2.24) is 0 Å². The zero-order chi connectivity index (χ0) is 17.3. The molecule has 1 aliphatic rings. The molecule has 2 aromatic rings. The third-order valence-electron chi connectivity index (χ3n) is 3.76. The third-order valence-corrected chi connectivity index (χ3v) is 3.76. The van der Waals surface area contributed by atoms with E-state index in [4.69, 9.17) is 9.84 Å². The van der Waals surface area contributed by atoms with Crippen LogP contribution in [-0.4, -0.2) is 28.7 Å². The fourth-order valence-corrected chi connectivity index (χ4v) is 2.47. The van der Waals surface area contributed by atoms with Crippen LogP contribution in [-0.2, 0) is 4.79 Å². The first-order valence-corrected chi connectivity index (χ1v) is 7.37.